The quantitative estimate of drug-likeness (QED) is 0.193. The predicted molar refractivity (Wildman–Crippen MR) is 142 cm³/mol. The molecule has 0 aliphatic carbocycles. The van der Waals surface area contributed by atoms with Crippen molar-refractivity contribution in [2.45, 2.75) is 37.4 Å². The minimum absolute atomic E-state index is 0.0148. The smallest absolute Gasteiger partial charge is 0.283 e. The number of carbonyl (C=O) groups excluding carboxylic acids is 1. The van der Waals surface area contributed by atoms with Crippen molar-refractivity contribution >= 4 is 46.2 Å². The number of rotatable bonds is 7. The fraction of sp³-hybridized carbons (Fsp3) is 0.192. The Morgan fingerprint density at radius 2 is 2.00 bits per heavy atom. The summed E-state index contributed by atoms with van der Waals surface area (Å²) < 4.78 is 7.12. The lowest BCUT2D eigenvalue weighted by molar-refractivity contribution is -0.387. The van der Waals surface area contributed by atoms with Crippen molar-refractivity contribution in [2.24, 2.45) is 5.41 Å². The zero-order chi connectivity index (χ0) is 27.4. The van der Waals surface area contributed by atoms with Crippen LogP contribution in [0.4, 0.5) is 5.69 Å². The SMILES string of the molecule is CC(C)(C)C(=O)/C(C#N)=c1/s/c(=C/c2ccc(Sc3ncccn3)c([N+](=O)[O-])c2)c(=O)n1Cc1ccco1. The molecule has 10 nitrogen and oxygen atoms in total. The highest BCUT2D eigenvalue weighted by Gasteiger charge is 2.27. The predicted octanol–water partition coefficient (Wildman–Crippen LogP) is 3.52. The fourth-order valence-electron chi connectivity index (χ4n) is 3.42. The summed E-state index contributed by atoms with van der Waals surface area (Å²) in [5, 5.41) is 22.0. The van der Waals surface area contributed by atoms with Crippen LogP contribution in [0.15, 0.2) is 74.3 Å². The van der Waals surface area contributed by atoms with E-state index in [1.807, 2.05) is 6.07 Å². The van der Waals surface area contributed by atoms with Gasteiger partial charge in [-0.15, -0.1) is 11.3 Å². The summed E-state index contributed by atoms with van der Waals surface area (Å²) in [4.78, 5) is 46.3. The first-order valence-corrected chi connectivity index (χ1v) is 12.9. The monoisotopic (exact) mass is 547 g/mol. The van der Waals surface area contributed by atoms with Crippen LogP contribution >= 0.6 is 23.1 Å². The summed E-state index contributed by atoms with van der Waals surface area (Å²) in [6, 6.07) is 11.5. The van der Waals surface area contributed by atoms with E-state index < -0.39 is 21.7 Å². The third kappa shape index (κ3) is 5.80. The minimum Gasteiger partial charge on any atom is -0.467 e. The van der Waals surface area contributed by atoms with Crippen LogP contribution in [0, 0.1) is 26.9 Å². The molecule has 0 bridgehead atoms. The molecule has 0 aliphatic rings. The van der Waals surface area contributed by atoms with Crippen molar-refractivity contribution in [3.63, 3.8) is 0 Å². The molecule has 0 saturated heterocycles. The normalized spacial score (nSPS) is 12.7. The molecule has 4 aromatic rings. The Morgan fingerprint density at radius 3 is 2.61 bits per heavy atom. The molecule has 38 heavy (non-hydrogen) atoms. The lowest BCUT2D eigenvalue weighted by atomic mass is 9.87. The van der Waals surface area contributed by atoms with E-state index in [0.29, 0.717) is 21.4 Å². The molecule has 1 aromatic carbocycles. The van der Waals surface area contributed by atoms with E-state index >= 15 is 0 Å². The third-order valence-electron chi connectivity index (χ3n) is 5.26. The number of nitro benzene ring substituents is 1. The Hall–Kier alpha value is -4.34. The van der Waals surface area contributed by atoms with Crippen LogP contribution in [0.3, 0.4) is 0 Å². The maximum Gasteiger partial charge on any atom is 0.283 e. The molecule has 0 N–H and O–H groups in total. The number of thiazole rings is 1. The number of hydrogen-bond acceptors (Lipinski definition) is 10. The van der Waals surface area contributed by atoms with Gasteiger partial charge in [-0.05, 0) is 47.7 Å². The summed E-state index contributed by atoms with van der Waals surface area (Å²) in [6.07, 6.45) is 6.06. The summed E-state index contributed by atoms with van der Waals surface area (Å²) in [5.74, 6) is 0.0690. The van der Waals surface area contributed by atoms with Gasteiger partial charge < -0.3 is 4.42 Å². The number of nitriles is 1. The molecular weight excluding hydrogens is 526 g/mol. The van der Waals surface area contributed by atoms with E-state index in [2.05, 4.69) is 9.97 Å². The molecule has 12 heteroatoms. The maximum atomic E-state index is 13.5. The van der Waals surface area contributed by atoms with Crippen LogP contribution in [0.2, 0.25) is 0 Å². The lowest BCUT2D eigenvalue weighted by Gasteiger charge is -2.15. The first-order chi connectivity index (χ1) is 18.1. The number of ketones is 1. The van der Waals surface area contributed by atoms with Crippen molar-refractivity contribution in [2.75, 3.05) is 0 Å². The Kier molecular flexibility index (Phi) is 7.70. The molecule has 0 atom stereocenters. The van der Waals surface area contributed by atoms with E-state index in [-0.39, 0.29) is 27.0 Å². The number of furan rings is 1. The van der Waals surface area contributed by atoms with Crippen molar-refractivity contribution in [3.8, 4) is 6.07 Å². The van der Waals surface area contributed by atoms with Gasteiger partial charge in [-0.2, -0.15) is 5.26 Å². The molecular formula is C26H21N5O5S2. The number of benzene rings is 1. The second-order valence-electron chi connectivity index (χ2n) is 9.07. The van der Waals surface area contributed by atoms with Gasteiger partial charge in [0, 0.05) is 23.9 Å². The van der Waals surface area contributed by atoms with Crippen LogP contribution in [-0.4, -0.2) is 25.2 Å². The molecule has 0 amide bonds. The van der Waals surface area contributed by atoms with Crippen LogP contribution in [0.1, 0.15) is 32.1 Å². The van der Waals surface area contributed by atoms with Gasteiger partial charge in [0.15, 0.2) is 10.9 Å². The van der Waals surface area contributed by atoms with Crippen LogP contribution < -0.4 is 14.8 Å². The molecule has 0 spiro atoms. The lowest BCUT2D eigenvalue weighted by Crippen LogP contribution is -2.34. The Morgan fingerprint density at radius 1 is 1.26 bits per heavy atom. The molecule has 0 radical (unpaired) electrons. The van der Waals surface area contributed by atoms with E-state index in [1.165, 1.54) is 23.0 Å². The molecule has 0 saturated carbocycles. The zero-order valence-corrected chi connectivity index (χ0v) is 22.2. The van der Waals surface area contributed by atoms with Crippen LogP contribution in [0.25, 0.3) is 11.6 Å². The van der Waals surface area contributed by atoms with Crippen molar-refractivity contribution < 1.29 is 14.1 Å². The number of nitro groups is 1. The van der Waals surface area contributed by atoms with Gasteiger partial charge in [-0.3, -0.25) is 24.3 Å². The van der Waals surface area contributed by atoms with Crippen LogP contribution in [-0.2, 0) is 11.3 Å². The van der Waals surface area contributed by atoms with Gasteiger partial charge in [0.2, 0.25) is 0 Å². The highest BCUT2D eigenvalue weighted by molar-refractivity contribution is 7.99. The molecule has 3 aromatic heterocycles. The van der Waals surface area contributed by atoms with Gasteiger partial charge in [-0.1, -0.05) is 26.8 Å². The van der Waals surface area contributed by atoms with Gasteiger partial charge in [0.1, 0.15) is 22.1 Å². The molecule has 192 valence electrons. The molecule has 0 fully saturated rings. The highest BCUT2D eigenvalue weighted by atomic mass is 32.2. The van der Waals surface area contributed by atoms with Gasteiger partial charge in [0.25, 0.3) is 11.2 Å². The number of Topliss-reactive ketones (excluding diaryl/α,β-unsaturated/α-hetero) is 1. The molecule has 3 heterocycles. The summed E-state index contributed by atoms with van der Waals surface area (Å²) in [5.41, 5.74) is -1.19. The average molecular weight is 548 g/mol. The largest absolute Gasteiger partial charge is 0.467 e. The van der Waals surface area contributed by atoms with E-state index in [4.69, 9.17) is 4.42 Å². The Balaban J connectivity index is 1.89. The van der Waals surface area contributed by atoms with Gasteiger partial charge in [-0.25, -0.2) is 9.97 Å². The number of nitrogens with zero attached hydrogens (tertiary/aromatic N) is 5. The fourth-order valence-corrected chi connectivity index (χ4v) is 5.32. The van der Waals surface area contributed by atoms with E-state index in [9.17, 15) is 25.0 Å². The first kappa shape index (κ1) is 26.7. The van der Waals surface area contributed by atoms with E-state index in [1.54, 1.807) is 63.5 Å². The zero-order valence-electron chi connectivity index (χ0n) is 20.6. The van der Waals surface area contributed by atoms with E-state index in [0.717, 1.165) is 23.1 Å². The summed E-state index contributed by atoms with van der Waals surface area (Å²) in [7, 11) is 0. The van der Waals surface area contributed by atoms with Crippen molar-refractivity contribution in [3.05, 3.63) is 96.0 Å². The molecule has 0 unspecified atom stereocenters. The number of hydrogen-bond donors (Lipinski definition) is 0. The third-order valence-corrected chi connectivity index (χ3v) is 7.35. The second kappa shape index (κ2) is 11.0. The van der Waals surface area contributed by atoms with Gasteiger partial charge in [0.05, 0.1) is 27.2 Å². The highest BCUT2D eigenvalue weighted by Crippen LogP contribution is 2.33. The first-order valence-electron chi connectivity index (χ1n) is 11.2. The standard InChI is InChI=1S/C26H21N5O5S2/c1-26(2,3)22(32)18(14-27)24-30(15-17-6-4-11-36-17)23(33)21(37-24)13-16-7-8-20(19(12-16)31(34)35)38-25-28-9-5-10-29-25/h4-13H,15H2,1-3H3/b21-13+,24-18+. The Bertz CT molecular complexity index is 1730. The number of aromatic nitrogens is 3. The maximum absolute atomic E-state index is 13.5. The Labute approximate surface area is 224 Å². The van der Waals surface area contributed by atoms with Crippen molar-refractivity contribution in [1.82, 2.24) is 14.5 Å². The second-order valence-corrected chi connectivity index (χ2v) is 11.1. The number of carbonyl (C=O) groups is 1. The average Bonchev–Trinajstić information content (AvgIpc) is 3.50. The van der Waals surface area contributed by atoms with Crippen molar-refractivity contribution in [1.29, 1.82) is 5.26 Å². The topological polar surface area (TPSA) is 145 Å². The molecule has 0 aliphatic heterocycles. The van der Waals surface area contributed by atoms with Crippen LogP contribution in [0.5, 0.6) is 0 Å². The molecule has 4 rings (SSSR count). The summed E-state index contributed by atoms with van der Waals surface area (Å²) >= 11 is 2.03. The minimum atomic E-state index is -0.846. The van der Waals surface area contributed by atoms with Gasteiger partial charge >= 0.3 is 0 Å². The summed E-state index contributed by atoms with van der Waals surface area (Å²) in [6.45, 7) is 5.10.